The standard InChI is InChI=1S/C19H23NO5/c1-2-3-4-5-11-25-15-8-6-7-14(12-15)13-20-10-9-16(21)17(18(20)22)19(23)24/h6-10,12,21H,2-5,11,13H2,1H3,(H,23,24)/p-1. The first-order valence-electron chi connectivity index (χ1n) is 8.38. The monoisotopic (exact) mass is 344 g/mol. The highest BCUT2D eigenvalue weighted by atomic mass is 16.5. The van der Waals surface area contributed by atoms with E-state index >= 15 is 0 Å². The number of aromatic carboxylic acids is 1. The normalized spacial score (nSPS) is 10.6. The first kappa shape index (κ1) is 18.6. The van der Waals surface area contributed by atoms with Crippen molar-refractivity contribution in [3.63, 3.8) is 0 Å². The summed E-state index contributed by atoms with van der Waals surface area (Å²) in [7, 11) is 0. The highest BCUT2D eigenvalue weighted by Crippen LogP contribution is 2.15. The van der Waals surface area contributed by atoms with Crippen molar-refractivity contribution in [1.82, 2.24) is 4.57 Å². The quantitative estimate of drug-likeness (QED) is 0.706. The zero-order valence-corrected chi connectivity index (χ0v) is 14.2. The minimum absolute atomic E-state index is 0.173. The minimum Gasteiger partial charge on any atom is -0.872 e. The molecule has 0 atom stereocenters. The van der Waals surface area contributed by atoms with Crippen LogP contribution in [0.3, 0.4) is 0 Å². The third-order valence-electron chi connectivity index (χ3n) is 3.86. The Labute approximate surface area is 146 Å². The summed E-state index contributed by atoms with van der Waals surface area (Å²) in [5.41, 5.74) is -0.736. The summed E-state index contributed by atoms with van der Waals surface area (Å²) in [6.07, 6.45) is 5.80. The molecule has 0 spiro atoms. The number of carbonyl (C=O) groups is 1. The van der Waals surface area contributed by atoms with Gasteiger partial charge >= 0.3 is 5.97 Å². The second-order valence-electron chi connectivity index (χ2n) is 5.85. The van der Waals surface area contributed by atoms with Crippen molar-refractivity contribution in [1.29, 1.82) is 0 Å². The summed E-state index contributed by atoms with van der Waals surface area (Å²) in [6.45, 7) is 2.96. The van der Waals surface area contributed by atoms with Crippen molar-refractivity contribution in [2.45, 2.75) is 39.2 Å². The number of rotatable bonds is 9. The molecule has 0 radical (unpaired) electrons. The number of benzene rings is 1. The Morgan fingerprint density at radius 3 is 2.76 bits per heavy atom. The van der Waals surface area contributed by atoms with Gasteiger partial charge in [-0.25, -0.2) is 4.79 Å². The van der Waals surface area contributed by atoms with Crippen molar-refractivity contribution < 1.29 is 19.7 Å². The number of carboxylic acid groups (broad SMARTS) is 1. The van der Waals surface area contributed by atoms with E-state index in [1.807, 2.05) is 24.3 Å². The minimum atomic E-state index is -1.51. The van der Waals surface area contributed by atoms with Gasteiger partial charge in [0.2, 0.25) is 0 Å². The molecule has 0 aliphatic rings. The number of pyridine rings is 1. The van der Waals surface area contributed by atoms with Crippen LogP contribution in [0.2, 0.25) is 0 Å². The maximum absolute atomic E-state index is 12.1. The first-order chi connectivity index (χ1) is 12.0. The van der Waals surface area contributed by atoms with Crippen LogP contribution in [-0.2, 0) is 6.54 Å². The summed E-state index contributed by atoms with van der Waals surface area (Å²) in [6, 6.07) is 8.40. The Morgan fingerprint density at radius 1 is 1.24 bits per heavy atom. The third-order valence-corrected chi connectivity index (χ3v) is 3.86. The molecule has 0 amide bonds. The van der Waals surface area contributed by atoms with Gasteiger partial charge in [-0.1, -0.05) is 50.1 Å². The number of ether oxygens (including phenoxy) is 1. The van der Waals surface area contributed by atoms with Crippen molar-refractivity contribution in [2.24, 2.45) is 0 Å². The Balaban J connectivity index is 2.08. The zero-order chi connectivity index (χ0) is 18.2. The van der Waals surface area contributed by atoms with Gasteiger partial charge in [-0.05, 0) is 24.1 Å². The van der Waals surface area contributed by atoms with Crippen LogP contribution in [0.5, 0.6) is 11.5 Å². The number of aromatic nitrogens is 1. The summed E-state index contributed by atoms with van der Waals surface area (Å²) in [4.78, 5) is 23.2. The van der Waals surface area contributed by atoms with Gasteiger partial charge in [0.05, 0.1) is 13.2 Å². The average molecular weight is 344 g/mol. The van der Waals surface area contributed by atoms with Crippen molar-refractivity contribution in [2.75, 3.05) is 6.61 Å². The molecule has 1 aromatic carbocycles. The van der Waals surface area contributed by atoms with E-state index < -0.39 is 22.8 Å². The van der Waals surface area contributed by atoms with E-state index in [4.69, 9.17) is 9.84 Å². The molecule has 0 saturated heterocycles. The number of carboxylic acids is 1. The molecule has 1 aromatic heterocycles. The van der Waals surface area contributed by atoms with Crippen LogP contribution in [0, 0.1) is 0 Å². The average Bonchev–Trinajstić information content (AvgIpc) is 2.57. The molecule has 134 valence electrons. The van der Waals surface area contributed by atoms with E-state index in [0.717, 1.165) is 24.5 Å². The topological polar surface area (TPSA) is 91.6 Å². The molecular formula is C19H22NO5-. The largest absolute Gasteiger partial charge is 0.872 e. The fourth-order valence-electron chi connectivity index (χ4n) is 2.53. The Morgan fingerprint density at radius 2 is 2.04 bits per heavy atom. The smallest absolute Gasteiger partial charge is 0.340 e. The Kier molecular flexibility index (Phi) is 6.62. The second kappa shape index (κ2) is 8.92. The van der Waals surface area contributed by atoms with Crippen LogP contribution in [0.25, 0.3) is 0 Å². The lowest BCUT2D eigenvalue weighted by molar-refractivity contribution is -0.269. The molecule has 1 heterocycles. The fraction of sp³-hybridized carbons (Fsp3) is 0.368. The maximum Gasteiger partial charge on any atom is 0.340 e. The van der Waals surface area contributed by atoms with E-state index in [0.29, 0.717) is 12.4 Å². The molecule has 2 aromatic rings. The summed E-state index contributed by atoms with van der Waals surface area (Å²) in [5.74, 6) is -1.58. The SMILES string of the molecule is CCCCCCOc1cccc(Cn2ccc([O-])c(C(=O)O)c2=O)c1. The van der Waals surface area contributed by atoms with E-state index in [9.17, 15) is 14.7 Å². The lowest BCUT2D eigenvalue weighted by Gasteiger charge is -2.13. The van der Waals surface area contributed by atoms with Gasteiger partial charge < -0.3 is 19.5 Å². The predicted octanol–water partition coefficient (Wildman–Crippen LogP) is 2.63. The number of hydrogen-bond acceptors (Lipinski definition) is 4. The van der Waals surface area contributed by atoms with Crippen LogP contribution in [0.15, 0.2) is 41.3 Å². The highest BCUT2D eigenvalue weighted by molar-refractivity contribution is 5.89. The van der Waals surface area contributed by atoms with Crippen molar-refractivity contribution in [3.8, 4) is 11.5 Å². The molecule has 0 aliphatic heterocycles. The Bertz CT molecular complexity index is 782. The lowest BCUT2D eigenvalue weighted by Crippen LogP contribution is -2.27. The highest BCUT2D eigenvalue weighted by Gasteiger charge is 2.12. The van der Waals surface area contributed by atoms with E-state index in [2.05, 4.69) is 6.92 Å². The second-order valence-corrected chi connectivity index (χ2v) is 5.85. The van der Waals surface area contributed by atoms with Crippen LogP contribution in [0.1, 0.15) is 48.5 Å². The summed E-state index contributed by atoms with van der Waals surface area (Å²) >= 11 is 0. The number of nitrogens with zero attached hydrogens (tertiary/aromatic N) is 1. The molecule has 0 aliphatic carbocycles. The maximum atomic E-state index is 12.1. The fourth-order valence-corrected chi connectivity index (χ4v) is 2.53. The van der Waals surface area contributed by atoms with Gasteiger partial charge in [0.15, 0.2) is 0 Å². The molecule has 0 unspecified atom stereocenters. The van der Waals surface area contributed by atoms with Gasteiger partial charge in [-0.3, -0.25) is 4.79 Å². The van der Waals surface area contributed by atoms with E-state index in [1.54, 1.807) is 0 Å². The molecule has 6 heteroatoms. The number of hydrogen-bond donors (Lipinski definition) is 1. The zero-order valence-electron chi connectivity index (χ0n) is 14.2. The van der Waals surface area contributed by atoms with Crippen LogP contribution >= 0.6 is 0 Å². The summed E-state index contributed by atoms with van der Waals surface area (Å²) < 4.78 is 6.92. The molecule has 0 saturated carbocycles. The van der Waals surface area contributed by atoms with Gasteiger partial charge in [0.25, 0.3) is 5.56 Å². The van der Waals surface area contributed by atoms with Crippen LogP contribution in [-0.4, -0.2) is 22.2 Å². The van der Waals surface area contributed by atoms with Crippen molar-refractivity contribution in [3.05, 3.63) is 58.0 Å². The molecular weight excluding hydrogens is 322 g/mol. The van der Waals surface area contributed by atoms with Gasteiger partial charge in [-0.2, -0.15) is 0 Å². The number of unbranched alkanes of at least 4 members (excludes halogenated alkanes) is 3. The lowest BCUT2D eigenvalue weighted by atomic mass is 10.2. The van der Waals surface area contributed by atoms with E-state index in [-0.39, 0.29) is 6.54 Å². The molecule has 1 N–H and O–H groups in total. The Hall–Kier alpha value is -2.76. The molecule has 0 fully saturated rings. The molecule has 6 nitrogen and oxygen atoms in total. The van der Waals surface area contributed by atoms with Crippen LogP contribution < -0.4 is 15.4 Å². The van der Waals surface area contributed by atoms with Gasteiger partial charge in [-0.15, -0.1) is 0 Å². The van der Waals surface area contributed by atoms with Gasteiger partial charge in [0.1, 0.15) is 11.3 Å². The predicted molar refractivity (Wildman–Crippen MR) is 92.3 cm³/mol. The molecule has 0 bridgehead atoms. The van der Waals surface area contributed by atoms with Crippen molar-refractivity contribution >= 4 is 5.97 Å². The van der Waals surface area contributed by atoms with E-state index in [1.165, 1.54) is 23.6 Å². The molecule has 2 rings (SSSR count). The summed E-state index contributed by atoms with van der Waals surface area (Å²) in [5, 5.41) is 20.5. The third kappa shape index (κ3) is 5.11. The van der Waals surface area contributed by atoms with Gasteiger partial charge in [0, 0.05) is 6.20 Å². The molecule has 25 heavy (non-hydrogen) atoms. The first-order valence-corrected chi connectivity index (χ1v) is 8.38. The van der Waals surface area contributed by atoms with Crippen LogP contribution in [0.4, 0.5) is 0 Å².